The van der Waals surface area contributed by atoms with Gasteiger partial charge in [0.05, 0.1) is 13.2 Å². The van der Waals surface area contributed by atoms with Crippen LogP contribution in [0.4, 0.5) is 5.95 Å². The Labute approximate surface area is 112 Å². The first-order chi connectivity index (χ1) is 8.58. The van der Waals surface area contributed by atoms with Crippen LogP contribution in [0.1, 0.15) is 27.2 Å². The largest absolute Gasteiger partial charge is 0.463 e. The minimum Gasteiger partial charge on any atom is -0.463 e. The molecule has 0 aromatic carbocycles. The van der Waals surface area contributed by atoms with E-state index in [-0.39, 0.29) is 23.9 Å². The van der Waals surface area contributed by atoms with Gasteiger partial charge in [-0.1, -0.05) is 6.92 Å². The topological polar surface area (TPSA) is 71.4 Å². The summed E-state index contributed by atoms with van der Waals surface area (Å²) in [4.78, 5) is 14.0. The number of anilines is 1. The molecule has 0 aliphatic carbocycles. The van der Waals surface area contributed by atoms with Crippen molar-refractivity contribution in [3.05, 3.63) is 5.28 Å². The zero-order chi connectivity index (χ0) is 13.5. The zero-order valence-electron chi connectivity index (χ0n) is 10.9. The van der Waals surface area contributed by atoms with Gasteiger partial charge in [-0.3, -0.25) is 0 Å². The molecule has 0 aliphatic rings. The molecule has 1 rings (SSSR count). The van der Waals surface area contributed by atoms with Gasteiger partial charge in [-0.25, -0.2) is 0 Å². The number of aliphatic hydroxyl groups excluding tert-OH is 1. The van der Waals surface area contributed by atoms with E-state index in [2.05, 4.69) is 15.0 Å². The lowest BCUT2D eigenvalue weighted by Gasteiger charge is -2.25. The van der Waals surface area contributed by atoms with Crippen LogP contribution in [-0.2, 0) is 0 Å². The fourth-order valence-corrected chi connectivity index (χ4v) is 1.55. The van der Waals surface area contributed by atoms with Gasteiger partial charge >= 0.3 is 6.01 Å². The molecule has 102 valence electrons. The van der Waals surface area contributed by atoms with Crippen LogP contribution in [0, 0.1) is 0 Å². The van der Waals surface area contributed by atoms with E-state index >= 15 is 0 Å². The zero-order valence-corrected chi connectivity index (χ0v) is 11.7. The quantitative estimate of drug-likeness (QED) is 0.813. The molecule has 0 amide bonds. The van der Waals surface area contributed by atoms with E-state index in [0.717, 1.165) is 6.42 Å². The molecule has 1 heterocycles. The van der Waals surface area contributed by atoms with E-state index in [1.165, 1.54) is 0 Å². The maximum atomic E-state index is 9.05. The van der Waals surface area contributed by atoms with Gasteiger partial charge in [-0.15, -0.1) is 0 Å². The maximum absolute atomic E-state index is 9.05. The molecule has 6 nitrogen and oxygen atoms in total. The number of hydrogen-bond acceptors (Lipinski definition) is 6. The van der Waals surface area contributed by atoms with Crippen molar-refractivity contribution in [2.45, 2.75) is 33.2 Å². The summed E-state index contributed by atoms with van der Waals surface area (Å²) in [6.45, 7) is 6.95. The van der Waals surface area contributed by atoms with Crippen LogP contribution in [0.15, 0.2) is 0 Å². The highest BCUT2D eigenvalue weighted by molar-refractivity contribution is 6.28. The second kappa shape index (κ2) is 7.33. The fourth-order valence-electron chi connectivity index (χ4n) is 1.41. The Morgan fingerprint density at radius 1 is 1.33 bits per heavy atom. The molecule has 0 bridgehead atoms. The maximum Gasteiger partial charge on any atom is 0.322 e. The number of halogens is 1. The summed E-state index contributed by atoms with van der Waals surface area (Å²) in [5.74, 6) is 0.421. The molecule has 0 saturated heterocycles. The highest BCUT2D eigenvalue weighted by atomic mass is 35.5. The van der Waals surface area contributed by atoms with Crippen molar-refractivity contribution in [3.8, 4) is 6.01 Å². The molecule has 0 fully saturated rings. The van der Waals surface area contributed by atoms with Crippen LogP contribution >= 0.6 is 11.6 Å². The van der Waals surface area contributed by atoms with Crippen molar-refractivity contribution < 1.29 is 9.84 Å². The summed E-state index contributed by atoms with van der Waals surface area (Å²) in [6.07, 6.45) is 0.864. The standard InChI is InChI=1S/C11H19ClN4O2/c1-4-7-18-11-14-9(12)13-10(15-11)16(5-6-17)8(2)3/h8,17H,4-7H2,1-3H3. The number of rotatable bonds is 7. The van der Waals surface area contributed by atoms with Crippen molar-refractivity contribution in [3.63, 3.8) is 0 Å². The summed E-state index contributed by atoms with van der Waals surface area (Å²) in [6, 6.07) is 0.366. The second-order valence-corrected chi connectivity index (χ2v) is 4.38. The number of ether oxygens (including phenoxy) is 1. The van der Waals surface area contributed by atoms with Crippen molar-refractivity contribution >= 4 is 17.5 Å². The first-order valence-electron chi connectivity index (χ1n) is 6.00. The number of nitrogens with zero attached hydrogens (tertiary/aromatic N) is 4. The van der Waals surface area contributed by atoms with Gasteiger partial charge in [0.25, 0.3) is 0 Å². The first kappa shape index (κ1) is 14.9. The van der Waals surface area contributed by atoms with E-state index in [9.17, 15) is 0 Å². The number of aliphatic hydroxyl groups is 1. The highest BCUT2D eigenvalue weighted by Crippen LogP contribution is 2.17. The smallest absolute Gasteiger partial charge is 0.322 e. The summed E-state index contributed by atoms with van der Waals surface area (Å²) >= 11 is 5.85. The average molecular weight is 275 g/mol. The third-order valence-electron chi connectivity index (χ3n) is 2.23. The molecule has 0 spiro atoms. The van der Waals surface area contributed by atoms with Crippen molar-refractivity contribution in [2.75, 3.05) is 24.7 Å². The van der Waals surface area contributed by atoms with Gasteiger partial charge < -0.3 is 14.7 Å². The van der Waals surface area contributed by atoms with E-state index in [4.69, 9.17) is 21.4 Å². The normalized spacial score (nSPS) is 10.8. The third kappa shape index (κ3) is 4.27. The minimum atomic E-state index is 0.0205. The predicted octanol–water partition coefficient (Wildman–Crippen LogP) is 1.52. The Hall–Kier alpha value is -1.14. The summed E-state index contributed by atoms with van der Waals surface area (Å²) in [5.41, 5.74) is 0. The molecule has 1 aromatic heterocycles. The monoisotopic (exact) mass is 274 g/mol. The number of hydrogen-bond donors (Lipinski definition) is 1. The molecule has 0 unspecified atom stereocenters. The lowest BCUT2D eigenvalue weighted by molar-refractivity contribution is 0.287. The molecule has 0 saturated carbocycles. The summed E-state index contributed by atoms with van der Waals surface area (Å²) in [5, 5.41) is 9.14. The molecule has 0 aliphatic heterocycles. The summed E-state index contributed by atoms with van der Waals surface area (Å²) < 4.78 is 5.35. The second-order valence-electron chi connectivity index (χ2n) is 4.05. The van der Waals surface area contributed by atoms with Crippen LogP contribution in [0.3, 0.4) is 0 Å². The fraction of sp³-hybridized carbons (Fsp3) is 0.727. The van der Waals surface area contributed by atoms with Gasteiger partial charge in [0, 0.05) is 12.6 Å². The molecular weight excluding hydrogens is 256 g/mol. The Bertz CT molecular complexity index is 376. The summed E-state index contributed by atoms with van der Waals surface area (Å²) in [7, 11) is 0. The van der Waals surface area contributed by atoms with Crippen LogP contribution < -0.4 is 9.64 Å². The SMILES string of the molecule is CCCOc1nc(Cl)nc(N(CCO)C(C)C)n1. The molecule has 18 heavy (non-hydrogen) atoms. The molecule has 1 N–H and O–H groups in total. The van der Waals surface area contributed by atoms with E-state index in [1.54, 1.807) is 0 Å². The van der Waals surface area contributed by atoms with Gasteiger partial charge in [0.2, 0.25) is 11.2 Å². The highest BCUT2D eigenvalue weighted by Gasteiger charge is 2.16. The van der Waals surface area contributed by atoms with Gasteiger partial charge in [0.15, 0.2) is 0 Å². The Morgan fingerprint density at radius 2 is 2.06 bits per heavy atom. The van der Waals surface area contributed by atoms with Crippen molar-refractivity contribution in [1.29, 1.82) is 0 Å². The molecule has 7 heteroatoms. The van der Waals surface area contributed by atoms with Gasteiger partial charge in [-0.05, 0) is 31.9 Å². The average Bonchev–Trinajstić information content (AvgIpc) is 2.32. The van der Waals surface area contributed by atoms with E-state index in [1.807, 2.05) is 25.7 Å². The van der Waals surface area contributed by atoms with Gasteiger partial charge in [-0.2, -0.15) is 15.0 Å². The lowest BCUT2D eigenvalue weighted by atomic mass is 10.3. The van der Waals surface area contributed by atoms with Crippen LogP contribution in [0.25, 0.3) is 0 Å². The first-order valence-corrected chi connectivity index (χ1v) is 6.38. The van der Waals surface area contributed by atoms with Crippen LogP contribution in [0.2, 0.25) is 5.28 Å². The van der Waals surface area contributed by atoms with E-state index in [0.29, 0.717) is 19.1 Å². The molecule has 0 atom stereocenters. The van der Waals surface area contributed by atoms with Crippen LogP contribution in [0.5, 0.6) is 6.01 Å². The number of aromatic nitrogens is 3. The van der Waals surface area contributed by atoms with Crippen molar-refractivity contribution in [1.82, 2.24) is 15.0 Å². The predicted molar refractivity (Wildman–Crippen MR) is 70.2 cm³/mol. The van der Waals surface area contributed by atoms with E-state index < -0.39 is 0 Å². The van der Waals surface area contributed by atoms with Crippen molar-refractivity contribution in [2.24, 2.45) is 0 Å². The Kier molecular flexibility index (Phi) is 6.07. The minimum absolute atomic E-state index is 0.0205. The Balaban J connectivity index is 2.95. The lowest BCUT2D eigenvalue weighted by Crippen LogP contribution is -2.35. The molecular formula is C11H19ClN4O2. The third-order valence-corrected chi connectivity index (χ3v) is 2.40. The molecule has 1 aromatic rings. The Morgan fingerprint density at radius 3 is 2.61 bits per heavy atom. The molecule has 0 radical (unpaired) electrons. The van der Waals surface area contributed by atoms with Crippen LogP contribution in [-0.4, -0.2) is 45.9 Å². The van der Waals surface area contributed by atoms with Gasteiger partial charge in [0.1, 0.15) is 0 Å².